The second-order valence-corrected chi connectivity index (χ2v) is 3.90. The standard InChI is InChI=1S/C9H16N2O3/c10-6-9(2-1-3-9)4-7(12)11-5-8(13)14/h1-6,10H2,(H,11,12)(H,13,14). The number of amides is 1. The average molecular weight is 200 g/mol. The van der Waals surface area contributed by atoms with E-state index in [9.17, 15) is 9.59 Å². The minimum absolute atomic E-state index is 0.0530. The number of aliphatic carboxylic acids is 1. The Bertz CT molecular complexity index is 231. The molecule has 0 atom stereocenters. The number of rotatable bonds is 5. The second-order valence-electron chi connectivity index (χ2n) is 3.90. The molecule has 1 saturated carbocycles. The first-order valence-electron chi connectivity index (χ1n) is 4.76. The molecule has 1 aliphatic carbocycles. The van der Waals surface area contributed by atoms with E-state index in [0.717, 1.165) is 19.3 Å². The lowest BCUT2D eigenvalue weighted by Crippen LogP contribution is -2.42. The van der Waals surface area contributed by atoms with Crippen molar-refractivity contribution in [3.05, 3.63) is 0 Å². The molecule has 1 aliphatic rings. The van der Waals surface area contributed by atoms with Crippen LogP contribution >= 0.6 is 0 Å². The van der Waals surface area contributed by atoms with E-state index in [-0.39, 0.29) is 17.9 Å². The molecule has 0 unspecified atom stereocenters. The Morgan fingerprint density at radius 3 is 2.43 bits per heavy atom. The largest absolute Gasteiger partial charge is 0.480 e. The van der Waals surface area contributed by atoms with Gasteiger partial charge in [-0.25, -0.2) is 0 Å². The maximum absolute atomic E-state index is 11.3. The summed E-state index contributed by atoms with van der Waals surface area (Å²) in [5.41, 5.74) is 5.52. The number of carbonyl (C=O) groups excluding carboxylic acids is 1. The number of hydrogen-bond donors (Lipinski definition) is 3. The molecule has 5 nitrogen and oxygen atoms in total. The highest BCUT2D eigenvalue weighted by molar-refractivity contribution is 5.81. The van der Waals surface area contributed by atoms with Gasteiger partial charge in [-0.2, -0.15) is 0 Å². The lowest BCUT2D eigenvalue weighted by molar-refractivity contribution is -0.138. The van der Waals surface area contributed by atoms with Crippen molar-refractivity contribution >= 4 is 11.9 Å². The van der Waals surface area contributed by atoms with Gasteiger partial charge < -0.3 is 16.2 Å². The number of carboxylic acids is 1. The van der Waals surface area contributed by atoms with E-state index in [0.29, 0.717) is 13.0 Å². The number of hydrogen-bond acceptors (Lipinski definition) is 3. The number of nitrogens with two attached hydrogens (primary N) is 1. The molecule has 14 heavy (non-hydrogen) atoms. The second kappa shape index (κ2) is 4.41. The fourth-order valence-electron chi connectivity index (χ4n) is 1.71. The molecule has 1 fully saturated rings. The van der Waals surface area contributed by atoms with Crippen LogP contribution in [0.4, 0.5) is 0 Å². The third-order valence-corrected chi connectivity index (χ3v) is 2.82. The minimum Gasteiger partial charge on any atom is -0.480 e. The zero-order valence-corrected chi connectivity index (χ0v) is 8.08. The van der Waals surface area contributed by atoms with Gasteiger partial charge in [0.25, 0.3) is 0 Å². The van der Waals surface area contributed by atoms with Crippen molar-refractivity contribution in [2.45, 2.75) is 25.7 Å². The van der Waals surface area contributed by atoms with Gasteiger partial charge in [-0.1, -0.05) is 6.42 Å². The van der Waals surface area contributed by atoms with Crippen LogP contribution in [-0.2, 0) is 9.59 Å². The molecular weight excluding hydrogens is 184 g/mol. The quantitative estimate of drug-likeness (QED) is 0.568. The molecule has 0 aromatic carbocycles. The highest BCUT2D eigenvalue weighted by atomic mass is 16.4. The summed E-state index contributed by atoms with van der Waals surface area (Å²) in [4.78, 5) is 21.5. The van der Waals surface area contributed by atoms with E-state index in [1.165, 1.54) is 0 Å². The van der Waals surface area contributed by atoms with Gasteiger partial charge in [0.05, 0.1) is 0 Å². The molecule has 0 spiro atoms. The zero-order chi connectivity index (χ0) is 10.6. The van der Waals surface area contributed by atoms with Crippen LogP contribution in [0.5, 0.6) is 0 Å². The average Bonchev–Trinajstić information content (AvgIpc) is 2.08. The summed E-state index contributed by atoms with van der Waals surface area (Å²) in [5, 5.41) is 10.7. The van der Waals surface area contributed by atoms with E-state index in [2.05, 4.69) is 5.32 Å². The van der Waals surface area contributed by atoms with Gasteiger partial charge in [0.15, 0.2) is 0 Å². The van der Waals surface area contributed by atoms with Gasteiger partial charge in [-0.3, -0.25) is 9.59 Å². The van der Waals surface area contributed by atoms with Crippen LogP contribution in [0.15, 0.2) is 0 Å². The van der Waals surface area contributed by atoms with Crippen molar-refractivity contribution in [2.24, 2.45) is 11.1 Å². The van der Waals surface area contributed by atoms with Crippen LogP contribution < -0.4 is 11.1 Å². The topological polar surface area (TPSA) is 92.4 Å². The Balaban J connectivity index is 2.28. The maximum atomic E-state index is 11.3. The van der Waals surface area contributed by atoms with E-state index in [4.69, 9.17) is 10.8 Å². The fourth-order valence-corrected chi connectivity index (χ4v) is 1.71. The van der Waals surface area contributed by atoms with Crippen molar-refractivity contribution in [3.8, 4) is 0 Å². The smallest absolute Gasteiger partial charge is 0.322 e. The molecule has 0 aromatic rings. The molecular formula is C9H16N2O3. The van der Waals surface area contributed by atoms with Gasteiger partial charge in [0.1, 0.15) is 6.54 Å². The predicted molar refractivity (Wildman–Crippen MR) is 50.6 cm³/mol. The monoisotopic (exact) mass is 200 g/mol. The van der Waals surface area contributed by atoms with Crippen LogP contribution in [0.1, 0.15) is 25.7 Å². The molecule has 1 amide bonds. The number of carbonyl (C=O) groups is 2. The molecule has 1 rings (SSSR count). The zero-order valence-electron chi connectivity index (χ0n) is 8.08. The summed E-state index contributed by atoms with van der Waals surface area (Å²) >= 11 is 0. The van der Waals surface area contributed by atoms with Crippen LogP contribution in [0.2, 0.25) is 0 Å². The molecule has 0 radical (unpaired) electrons. The lowest BCUT2D eigenvalue weighted by Gasteiger charge is -2.40. The van der Waals surface area contributed by atoms with E-state index in [1.54, 1.807) is 0 Å². The highest BCUT2D eigenvalue weighted by Gasteiger charge is 2.37. The number of nitrogens with one attached hydrogen (secondary N) is 1. The first-order chi connectivity index (χ1) is 6.58. The first-order valence-corrected chi connectivity index (χ1v) is 4.76. The van der Waals surface area contributed by atoms with Crippen LogP contribution in [0, 0.1) is 5.41 Å². The van der Waals surface area contributed by atoms with Gasteiger partial charge in [0.2, 0.25) is 5.91 Å². The predicted octanol–water partition coefficient (Wildman–Crippen LogP) is -0.294. The van der Waals surface area contributed by atoms with Gasteiger partial charge in [-0.05, 0) is 24.8 Å². The summed E-state index contributed by atoms with van der Waals surface area (Å²) < 4.78 is 0. The molecule has 0 aliphatic heterocycles. The first kappa shape index (κ1) is 11.0. The van der Waals surface area contributed by atoms with Crippen molar-refractivity contribution in [1.82, 2.24) is 5.32 Å². The Hall–Kier alpha value is -1.10. The fraction of sp³-hybridized carbons (Fsp3) is 0.778. The van der Waals surface area contributed by atoms with Gasteiger partial charge in [-0.15, -0.1) is 0 Å². The molecule has 4 N–H and O–H groups in total. The Kier molecular flexibility index (Phi) is 3.46. The summed E-state index contributed by atoms with van der Waals surface area (Å²) in [5.74, 6) is -1.23. The Morgan fingerprint density at radius 2 is 2.07 bits per heavy atom. The van der Waals surface area contributed by atoms with Crippen LogP contribution in [0.3, 0.4) is 0 Å². The van der Waals surface area contributed by atoms with E-state index < -0.39 is 5.97 Å². The van der Waals surface area contributed by atoms with Crippen LogP contribution in [0.25, 0.3) is 0 Å². The summed E-state index contributed by atoms with van der Waals surface area (Å²) in [7, 11) is 0. The van der Waals surface area contributed by atoms with Crippen molar-refractivity contribution in [2.75, 3.05) is 13.1 Å². The summed E-state index contributed by atoms with van der Waals surface area (Å²) in [6, 6.07) is 0. The number of carboxylic acid groups (broad SMARTS) is 1. The molecule has 0 bridgehead atoms. The molecule has 0 saturated heterocycles. The van der Waals surface area contributed by atoms with Crippen molar-refractivity contribution in [3.63, 3.8) is 0 Å². The SMILES string of the molecule is NCC1(CC(=O)NCC(=O)O)CCC1. The van der Waals surface area contributed by atoms with Crippen molar-refractivity contribution in [1.29, 1.82) is 0 Å². The minimum atomic E-state index is -1.02. The van der Waals surface area contributed by atoms with Crippen LogP contribution in [-0.4, -0.2) is 30.1 Å². The summed E-state index contributed by atoms with van der Waals surface area (Å²) in [6.45, 7) is 0.201. The van der Waals surface area contributed by atoms with Gasteiger partial charge in [0, 0.05) is 6.42 Å². The third-order valence-electron chi connectivity index (χ3n) is 2.82. The third kappa shape index (κ3) is 2.70. The molecule has 5 heteroatoms. The molecule has 0 heterocycles. The van der Waals surface area contributed by atoms with Gasteiger partial charge >= 0.3 is 5.97 Å². The lowest BCUT2D eigenvalue weighted by atomic mass is 9.66. The highest BCUT2D eigenvalue weighted by Crippen LogP contribution is 2.42. The Labute approximate surface area is 82.7 Å². The molecule has 0 aromatic heterocycles. The van der Waals surface area contributed by atoms with Crippen molar-refractivity contribution < 1.29 is 14.7 Å². The molecule has 80 valence electrons. The maximum Gasteiger partial charge on any atom is 0.322 e. The Morgan fingerprint density at radius 1 is 1.43 bits per heavy atom. The van der Waals surface area contributed by atoms with E-state index in [1.807, 2.05) is 0 Å². The normalized spacial score (nSPS) is 18.4. The summed E-state index contributed by atoms with van der Waals surface area (Å²) in [6.07, 6.45) is 3.42. The van der Waals surface area contributed by atoms with E-state index >= 15 is 0 Å².